The fourth-order valence-electron chi connectivity index (χ4n) is 2.82. The molecule has 1 saturated heterocycles. The Labute approximate surface area is 150 Å². The molecule has 2 aromatic rings. The quantitative estimate of drug-likeness (QED) is 0.840. The molecule has 2 heterocycles. The van der Waals surface area contributed by atoms with Crippen LogP contribution in [0.15, 0.2) is 41.8 Å². The van der Waals surface area contributed by atoms with Crippen molar-refractivity contribution in [3.63, 3.8) is 0 Å². The monoisotopic (exact) mass is 362 g/mol. The first-order chi connectivity index (χ1) is 11.6. The van der Waals surface area contributed by atoms with Crippen molar-refractivity contribution in [1.82, 2.24) is 9.80 Å². The second-order valence-corrected chi connectivity index (χ2v) is 7.26. The average Bonchev–Trinajstić information content (AvgIpc) is 2.96. The van der Waals surface area contributed by atoms with E-state index in [2.05, 4.69) is 0 Å². The van der Waals surface area contributed by atoms with Gasteiger partial charge in [0.15, 0.2) is 0 Å². The summed E-state index contributed by atoms with van der Waals surface area (Å²) in [6.07, 6.45) is 1.25. The number of hydrogen-bond donors (Lipinski definition) is 0. The number of benzene rings is 1. The van der Waals surface area contributed by atoms with Crippen LogP contribution in [0.25, 0.3) is 0 Å². The molecule has 126 valence electrons. The Bertz CT molecular complexity index is 700. The number of rotatable bonds is 3. The minimum Gasteiger partial charge on any atom is -0.341 e. The minimum atomic E-state index is -0.000720. The Morgan fingerprint density at radius 3 is 2.42 bits per heavy atom. The maximum absolute atomic E-state index is 12.6. The molecule has 0 N–H and O–H groups in total. The number of amides is 2. The van der Waals surface area contributed by atoms with Crippen LogP contribution in [0.1, 0.15) is 21.7 Å². The van der Waals surface area contributed by atoms with Crippen LogP contribution in [-0.2, 0) is 11.2 Å². The number of hydrogen-bond acceptors (Lipinski definition) is 3. The molecule has 6 heteroatoms. The van der Waals surface area contributed by atoms with Gasteiger partial charge >= 0.3 is 0 Å². The zero-order valence-corrected chi connectivity index (χ0v) is 14.9. The van der Waals surface area contributed by atoms with Crippen LogP contribution in [0.5, 0.6) is 0 Å². The van der Waals surface area contributed by atoms with Crippen molar-refractivity contribution >= 4 is 34.8 Å². The lowest BCUT2D eigenvalue weighted by Crippen LogP contribution is -2.37. The summed E-state index contributed by atoms with van der Waals surface area (Å²) in [5.41, 5.74) is 0.637. The lowest BCUT2D eigenvalue weighted by atomic mass is 10.2. The molecule has 1 fully saturated rings. The van der Waals surface area contributed by atoms with Crippen molar-refractivity contribution in [2.24, 2.45) is 0 Å². The average molecular weight is 363 g/mol. The summed E-state index contributed by atoms with van der Waals surface area (Å²) in [4.78, 5) is 29.8. The van der Waals surface area contributed by atoms with Crippen molar-refractivity contribution < 1.29 is 9.59 Å². The molecule has 0 bridgehead atoms. The molecular formula is C18H19ClN2O2S. The molecule has 2 amide bonds. The molecule has 1 aromatic heterocycles. The molecule has 1 aliphatic heterocycles. The summed E-state index contributed by atoms with van der Waals surface area (Å²) in [5.74, 6) is 0.137. The number of carbonyl (C=O) groups excluding carboxylic acids is 2. The van der Waals surface area contributed by atoms with Crippen molar-refractivity contribution in [2.75, 3.05) is 26.2 Å². The predicted octanol–water partition coefficient (Wildman–Crippen LogP) is 3.32. The van der Waals surface area contributed by atoms with Gasteiger partial charge in [0.05, 0.1) is 6.42 Å². The Morgan fingerprint density at radius 1 is 1.00 bits per heavy atom. The summed E-state index contributed by atoms with van der Waals surface area (Å²) >= 11 is 7.47. The first kappa shape index (κ1) is 17.0. The Morgan fingerprint density at radius 2 is 1.71 bits per heavy atom. The number of nitrogens with zero attached hydrogens (tertiary/aromatic N) is 2. The van der Waals surface area contributed by atoms with E-state index >= 15 is 0 Å². The fourth-order valence-corrected chi connectivity index (χ4v) is 3.64. The van der Waals surface area contributed by atoms with E-state index in [9.17, 15) is 9.59 Å². The van der Waals surface area contributed by atoms with Gasteiger partial charge in [-0.05, 0) is 42.1 Å². The van der Waals surface area contributed by atoms with E-state index in [1.54, 1.807) is 35.6 Å². The van der Waals surface area contributed by atoms with E-state index in [-0.39, 0.29) is 11.8 Å². The third-order valence-corrected chi connectivity index (χ3v) is 5.26. The van der Waals surface area contributed by atoms with Crippen LogP contribution in [-0.4, -0.2) is 47.8 Å². The maximum atomic E-state index is 12.6. The minimum absolute atomic E-state index is 0.000720. The Kier molecular flexibility index (Phi) is 5.53. The standard InChI is InChI=1S/C18H19ClN2O2S/c19-15-6-4-14(5-7-15)18(23)21-9-2-8-20(10-11-21)17(22)13-16-3-1-12-24-16/h1,3-7,12H,2,8-11,13H2. The highest BCUT2D eigenvalue weighted by molar-refractivity contribution is 7.10. The molecular weight excluding hydrogens is 344 g/mol. The Balaban J connectivity index is 1.59. The number of thiophene rings is 1. The van der Waals surface area contributed by atoms with E-state index < -0.39 is 0 Å². The van der Waals surface area contributed by atoms with Gasteiger partial charge in [-0.25, -0.2) is 0 Å². The normalized spacial score (nSPS) is 15.2. The Hall–Kier alpha value is -1.85. The number of carbonyl (C=O) groups is 2. The van der Waals surface area contributed by atoms with Gasteiger partial charge in [-0.3, -0.25) is 9.59 Å². The van der Waals surface area contributed by atoms with Crippen molar-refractivity contribution in [2.45, 2.75) is 12.8 Å². The van der Waals surface area contributed by atoms with Crippen LogP contribution < -0.4 is 0 Å². The third kappa shape index (κ3) is 4.16. The van der Waals surface area contributed by atoms with Gasteiger partial charge in [-0.1, -0.05) is 17.7 Å². The SMILES string of the molecule is O=C(Cc1cccs1)N1CCCN(C(=O)c2ccc(Cl)cc2)CC1. The molecule has 24 heavy (non-hydrogen) atoms. The van der Waals surface area contributed by atoms with Crippen LogP contribution in [0.3, 0.4) is 0 Å². The molecule has 1 aliphatic rings. The van der Waals surface area contributed by atoms with Gasteiger partial charge in [0, 0.05) is 41.6 Å². The molecule has 0 atom stereocenters. The summed E-state index contributed by atoms with van der Waals surface area (Å²) in [7, 11) is 0. The van der Waals surface area contributed by atoms with Crippen molar-refractivity contribution in [1.29, 1.82) is 0 Å². The second-order valence-electron chi connectivity index (χ2n) is 5.79. The highest BCUT2D eigenvalue weighted by Gasteiger charge is 2.23. The van der Waals surface area contributed by atoms with Crippen molar-refractivity contribution in [3.05, 3.63) is 57.2 Å². The van der Waals surface area contributed by atoms with E-state index in [4.69, 9.17) is 11.6 Å². The first-order valence-corrected chi connectivity index (χ1v) is 9.24. The van der Waals surface area contributed by atoms with E-state index in [1.165, 1.54) is 0 Å². The lowest BCUT2D eigenvalue weighted by Gasteiger charge is -2.22. The molecule has 3 rings (SSSR count). The molecule has 1 aromatic carbocycles. The fraction of sp³-hybridized carbons (Fsp3) is 0.333. The van der Waals surface area contributed by atoms with Gasteiger partial charge in [0.25, 0.3) is 5.91 Å². The highest BCUT2D eigenvalue weighted by Crippen LogP contribution is 2.15. The molecule has 4 nitrogen and oxygen atoms in total. The molecule has 0 radical (unpaired) electrons. The highest BCUT2D eigenvalue weighted by atomic mass is 35.5. The largest absolute Gasteiger partial charge is 0.341 e. The van der Waals surface area contributed by atoms with Gasteiger partial charge in [0.2, 0.25) is 5.91 Å². The van der Waals surface area contributed by atoms with Gasteiger partial charge in [-0.15, -0.1) is 11.3 Å². The zero-order valence-electron chi connectivity index (χ0n) is 13.3. The van der Waals surface area contributed by atoms with Gasteiger partial charge < -0.3 is 9.80 Å². The smallest absolute Gasteiger partial charge is 0.253 e. The summed E-state index contributed by atoms with van der Waals surface area (Å²) in [6, 6.07) is 10.9. The summed E-state index contributed by atoms with van der Waals surface area (Å²) in [5, 5.41) is 2.60. The summed E-state index contributed by atoms with van der Waals surface area (Å²) < 4.78 is 0. The van der Waals surface area contributed by atoms with Crippen LogP contribution in [0.4, 0.5) is 0 Å². The molecule has 0 unspecified atom stereocenters. The van der Waals surface area contributed by atoms with Crippen LogP contribution in [0, 0.1) is 0 Å². The van der Waals surface area contributed by atoms with E-state index in [1.807, 2.05) is 27.3 Å². The third-order valence-electron chi connectivity index (χ3n) is 4.13. The maximum Gasteiger partial charge on any atom is 0.253 e. The van der Waals surface area contributed by atoms with Crippen LogP contribution in [0.2, 0.25) is 5.02 Å². The van der Waals surface area contributed by atoms with Gasteiger partial charge in [0.1, 0.15) is 0 Å². The first-order valence-electron chi connectivity index (χ1n) is 7.98. The molecule has 0 spiro atoms. The lowest BCUT2D eigenvalue weighted by molar-refractivity contribution is -0.130. The predicted molar refractivity (Wildman–Crippen MR) is 96.6 cm³/mol. The summed E-state index contributed by atoms with van der Waals surface area (Å²) in [6.45, 7) is 2.53. The van der Waals surface area contributed by atoms with E-state index in [0.29, 0.717) is 43.2 Å². The topological polar surface area (TPSA) is 40.6 Å². The second kappa shape index (κ2) is 7.81. The molecule has 0 saturated carbocycles. The zero-order chi connectivity index (χ0) is 16.9. The van der Waals surface area contributed by atoms with E-state index in [0.717, 1.165) is 11.3 Å². The van der Waals surface area contributed by atoms with Crippen LogP contribution >= 0.6 is 22.9 Å². The van der Waals surface area contributed by atoms with Crippen molar-refractivity contribution in [3.8, 4) is 0 Å². The molecule has 0 aliphatic carbocycles. The number of halogens is 1. The van der Waals surface area contributed by atoms with Gasteiger partial charge in [-0.2, -0.15) is 0 Å².